The molecule has 0 unspecified atom stereocenters. The van der Waals surface area contributed by atoms with Gasteiger partial charge >= 0.3 is 5.97 Å². The van der Waals surface area contributed by atoms with Gasteiger partial charge in [-0.25, -0.2) is 9.78 Å². The minimum Gasteiger partial charge on any atom is -0.464 e. The Morgan fingerprint density at radius 1 is 1.44 bits per heavy atom. The first-order valence-corrected chi connectivity index (χ1v) is 5.29. The minimum absolute atomic E-state index is 0.270. The molecule has 0 aromatic carbocycles. The van der Waals surface area contributed by atoms with Crippen LogP contribution in [0.15, 0.2) is 12.4 Å². The van der Waals surface area contributed by atoms with Gasteiger partial charge in [0.05, 0.1) is 19.0 Å². The molecule has 1 aliphatic heterocycles. The first-order chi connectivity index (χ1) is 7.81. The first kappa shape index (κ1) is 11.0. The van der Waals surface area contributed by atoms with E-state index in [9.17, 15) is 4.79 Å². The lowest BCUT2D eigenvalue weighted by molar-refractivity contribution is 0.0592. The number of aromatic nitrogens is 2. The van der Waals surface area contributed by atoms with Crippen LogP contribution in [0.2, 0.25) is 0 Å². The van der Waals surface area contributed by atoms with E-state index in [0.717, 1.165) is 31.7 Å². The Bertz CT molecular complexity index is 375. The van der Waals surface area contributed by atoms with Crippen molar-refractivity contribution >= 4 is 5.97 Å². The van der Waals surface area contributed by atoms with Gasteiger partial charge in [-0.15, -0.1) is 0 Å². The van der Waals surface area contributed by atoms with E-state index in [1.54, 1.807) is 6.20 Å². The molecule has 0 saturated carbocycles. The third kappa shape index (κ3) is 2.36. The van der Waals surface area contributed by atoms with Crippen LogP contribution < -0.4 is 0 Å². The molecular formula is C11H14N2O3. The van der Waals surface area contributed by atoms with E-state index in [-0.39, 0.29) is 5.69 Å². The Kier molecular flexibility index (Phi) is 3.46. The van der Waals surface area contributed by atoms with Crippen LogP contribution in [0.5, 0.6) is 0 Å². The predicted molar refractivity (Wildman–Crippen MR) is 56.2 cm³/mol. The molecule has 0 radical (unpaired) electrons. The Balaban J connectivity index is 2.17. The van der Waals surface area contributed by atoms with Crippen LogP contribution in [0.4, 0.5) is 0 Å². The summed E-state index contributed by atoms with van der Waals surface area (Å²) in [5.41, 5.74) is 1.12. The second-order valence-corrected chi connectivity index (χ2v) is 3.71. The average Bonchev–Trinajstić information content (AvgIpc) is 2.39. The summed E-state index contributed by atoms with van der Waals surface area (Å²) in [4.78, 5) is 19.6. The van der Waals surface area contributed by atoms with Crippen LogP contribution in [-0.4, -0.2) is 36.3 Å². The summed E-state index contributed by atoms with van der Waals surface area (Å²) in [6.45, 7) is 1.49. The first-order valence-electron chi connectivity index (χ1n) is 5.29. The van der Waals surface area contributed by atoms with Crippen molar-refractivity contribution in [3.8, 4) is 0 Å². The van der Waals surface area contributed by atoms with Crippen LogP contribution in [0, 0.1) is 0 Å². The van der Waals surface area contributed by atoms with Gasteiger partial charge < -0.3 is 9.47 Å². The molecule has 2 heterocycles. The minimum atomic E-state index is -0.443. The zero-order chi connectivity index (χ0) is 11.4. The highest BCUT2D eigenvalue weighted by atomic mass is 16.5. The van der Waals surface area contributed by atoms with Gasteiger partial charge in [0.15, 0.2) is 5.69 Å². The number of rotatable bonds is 2. The summed E-state index contributed by atoms with van der Waals surface area (Å²) in [5.74, 6) is -0.104. The zero-order valence-corrected chi connectivity index (χ0v) is 9.18. The molecule has 16 heavy (non-hydrogen) atoms. The highest BCUT2D eigenvalue weighted by Gasteiger charge is 2.19. The lowest BCUT2D eigenvalue weighted by Crippen LogP contribution is -2.17. The lowest BCUT2D eigenvalue weighted by atomic mass is 9.97. The molecule has 0 bridgehead atoms. The van der Waals surface area contributed by atoms with Crippen LogP contribution >= 0.6 is 0 Å². The van der Waals surface area contributed by atoms with Crippen molar-refractivity contribution in [1.29, 1.82) is 0 Å². The van der Waals surface area contributed by atoms with Gasteiger partial charge in [-0.3, -0.25) is 4.98 Å². The van der Waals surface area contributed by atoms with Crippen molar-refractivity contribution in [2.45, 2.75) is 18.8 Å². The van der Waals surface area contributed by atoms with Gasteiger partial charge in [0.2, 0.25) is 0 Å². The van der Waals surface area contributed by atoms with Crippen molar-refractivity contribution in [3.05, 3.63) is 23.8 Å². The molecule has 0 N–H and O–H groups in total. The Hall–Kier alpha value is -1.49. The van der Waals surface area contributed by atoms with Crippen LogP contribution in [0.25, 0.3) is 0 Å². The highest BCUT2D eigenvalue weighted by Crippen LogP contribution is 2.24. The molecule has 5 heteroatoms. The second-order valence-electron chi connectivity index (χ2n) is 3.71. The van der Waals surface area contributed by atoms with Crippen molar-refractivity contribution in [2.24, 2.45) is 0 Å². The molecule has 1 aliphatic rings. The summed E-state index contributed by atoms with van der Waals surface area (Å²) in [6, 6.07) is 0. The van der Waals surface area contributed by atoms with E-state index >= 15 is 0 Å². The maximum Gasteiger partial charge on any atom is 0.358 e. The fourth-order valence-electron chi connectivity index (χ4n) is 1.77. The van der Waals surface area contributed by atoms with E-state index in [4.69, 9.17) is 4.74 Å². The van der Waals surface area contributed by atoms with Crippen molar-refractivity contribution < 1.29 is 14.3 Å². The summed E-state index contributed by atoms with van der Waals surface area (Å²) >= 11 is 0. The molecule has 0 amide bonds. The molecule has 0 spiro atoms. The number of hydrogen-bond acceptors (Lipinski definition) is 5. The topological polar surface area (TPSA) is 61.3 Å². The van der Waals surface area contributed by atoms with E-state index < -0.39 is 5.97 Å². The molecular weight excluding hydrogens is 208 g/mol. The molecule has 86 valence electrons. The van der Waals surface area contributed by atoms with Gasteiger partial charge in [0, 0.05) is 25.3 Å². The smallest absolute Gasteiger partial charge is 0.358 e. The molecule has 1 aromatic rings. The quantitative estimate of drug-likeness (QED) is 0.702. The van der Waals surface area contributed by atoms with Gasteiger partial charge in [0.25, 0.3) is 0 Å². The number of esters is 1. The zero-order valence-electron chi connectivity index (χ0n) is 9.18. The maximum atomic E-state index is 11.3. The molecule has 2 rings (SSSR count). The third-order valence-electron chi connectivity index (χ3n) is 2.69. The molecule has 1 fully saturated rings. The molecule has 1 aromatic heterocycles. The Morgan fingerprint density at radius 3 is 2.88 bits per heavy atom. The number of carbonyl (C=O) groups excluding carboxylic acids is 1. The molecule has 5 nitrogen and oxygen atoms in total. The van der Waals surface area contributed by atoms with Gasteiger partial charge in [-0.1, -0.05) is 0 Å². The SMILES string of the molecule is COC(=O)c1cncc(C2CCOCC2)n1. The molecule has 1 saturated heterocycles. The Morgan fingerprint density at radius 2 is 2.19 bits per heavy atom. The predicted octanol–water partition coefficient (Wildman–Crippen LogP) is 1.16. The highest BCUT2D eigenvalue weighted by molar-refractivity contribution is 5.86. The van der Waals surface area contributed by atoms with Gasteiger partial charge in [-0.05, 0) is 12.8 Å². The van der Waals surface area contributed by atoms with Gasteiger partial charge in [0.1, 0.15) is 0 Å². The fraction of sp³-hybridized carbons (Fsp3) is 0.545. The summed E-state index contributed by atoms with van der Waals surface area (Å²) in [5, 5.41) is 0. The van der Waals surface area contributed by atoms with E-state index in [2.05, 4.69) is 14.7 Å². The summed E-state index contributed by atoms with van der Waals surface area (Å²) in [7, 11) is 1.34. The second kappa shape index (κ2) is 5.03. The molecule has 0 atom stereocenters. The van der Waals surface area contributed by atoms with E-state index in [1.807, 2.05) is 0 Å². The van der Waals surface area contributed by atoms with Gasteiger partial charge in [-0.2, -0.15) is 0 Å². The van der Waals surface area contributed by atoms with Crippen LogP contribution in [0.3, 0.4) is 0 Å². The molecule has 0 aliphatic carbocycles. The average molecular weight is 222 g/mol. The maximum absolute atomic E-state index is 11.3. The third-order valence-corrected chi connectivity index (χ3v) is 2.69. The van der Waals surface area contributed by atoms with Crippen molar-refractivity contribution in [1.82, 2.24) is 9.97 Å². The normalized spacial score (nSPS) is 17.1. The van der Waals surface area contributed by atoms with E-state index in [0.29, 0.717) is 5.92 Å². The van der Waals surface area contributed by atoms with Crippen LogP contribution in [-0.2, 0) is 9.47 Å². The standard InChI is InChI=1S/C11H14N2O3/c1-15-11(14)10-7-12-6-9(13-10)8-2-4-16-5-3-8/h6-8H,2-5H2,1H3. The lowest BCUT2D eigenvalue weighted by Gasteiger charge is -2.21. The monoisotopic (exact) mass is 222 g/mol. The number of nitrogens with zero attached hydrogens (tertiary/aromatic N) is 2. The Labute approximate surface area is 93.8 Å². The van der Waals surface area contributed by atoms with E-state index in [1.165, 1.54) is 13.3 Å². The van der Waals surface area contributed by atoms with Crippen molar-refractivity contribution in [2.75, 3.05) is 20.3 Å². The summed E-state index contributed by atoms with van der Waals surface area (Å²) < 4.78 is 9.89. The number of hydrogen-bond donors (Lipinski definition) is 0. The number of ether oxygens (including phenoxy) is 2. The number of carbonyl (C=O) groups is 1. The summed E-state index contributed by atoms with van der Waals surface area (Å²) in [6.07, 6.45) is 5.00. The van der Waals surface area contributed by atoms with Crippen LogP contribution in [0.1, 0.15) is 34.9 Å². The number of methoxy groups -OCH3 is 1. The fourth-order valence-corrected chi connectivity index (χ4v) is 1.77. The van der Waals surface area contributed by atoms with Crippen molar-refractivity contribution in [3.63, 3.8) is 0 Å². The largest absolute Gasteiger partial charge is 0.464 e.